The molecule has 1 aromatic rings. The first kappa shape index (κ1) is 10.0. The molecule has 0 unspecified atom stereocenters. The standard InChI is InChI=1S/C9H9NO4/c11-8-4-1-2-5-9(8)14-7-3-6-10(12)13/h1-6,11H,7H2. The maximum absolute atomic E-state index is 9.89. The zero-order valence-electron chi connectivity index (χ0n) is 7.29. The lowest BCUT2D eigenvalue weighted by molar-refractivity contribution is -0.402. The van der Waals surface area contributed by atoms with E-state index in [-0.39, 0.29) is 12.4 Å². The number of hydrogen-bond acceptors (Lipinski definition) is 4. The molecule has 0 aliphatic rings. The highest BCUT2D eigenvalue weighted by Crippen LogP contribution is 2.23. The van der Waals surface area contributed by atoms with Crippen molar-refractivity contribution in [2.45, 2.75) is 0 Å². The topological polar surface area (TPSA) is 72.6 Å². The van der Waals surface area contributed by atoms with E-state index >= 15 is 0 Å². The minimum Gasteiger partial charge on any atom is -0.504 e. The minimum absolute atomic E-state index is 0.0157. The molecule has 1 N–H and O–H groups in total. The van der Waals surface area contributed by atoms with Crippen molar-refractivity contribution in [3.05, 3.63) is 46.7 Å². The Morgan fingerprint density at radius 1 is 1.50 bits per heavy atom. The average Bonchev–Trinajstić information content (AvgIpc) is 2.15. The minimum atomic E-state index is -0.575. The summed E-state index contributed by atoms with van der Waals surface area (Å²) < 4.78 is 5.05. The van der Waals surface area contributed by atoms with Gasteiger partial charge in [-0.2, -0.15) is 0 Å². The van der Waals surface area contributed by atoms with Gasteiger partial charge in [-0.1, -0.05) is 12.1 Å². The van der Waals surface area contributed by atoms with Crippen LogP contribution in [0.4, 0.5) is 0 Å². The number of ether oxygens (including phenoxy) is 1. The molecule has 0 amide bonds. The van der Waals surface area contributed by atoms with Crippen LogP contribution >= 0.6 is 0 Å². The molecule has 1 aromatic carbocycles. The van der Waals surface area contributed by atoms with Crippen LogP contribution in [0, 0.1) is 10.1 Å². The number of para-hydroxylation sites is 2. The van der Waals surface area contributed by atoms with Gasteiger partial charge in [-0.05, 0) is 12.1 Å². The maximum atomic E-state index is 9.89. The van der Waals surface area contributed by atoms with Gasteiger partial charge in [0.05, 0.1) is 4.92 Å². The highest BCUT2D eigenvalue weighted by molar-refractivity contribution is 5.37. The monoisotopic (exact) mass is 195 g/mol. The fourth-order valence-electron chi connectivity index (χ4n) is 0.846. The molecule has 0 aliphatic heterocycles. The number of rotatable bonds is 4. The summed E-state index contributed by atoms with van der Waals surface area (Å²) in [7, 11) is 0. The van der Waals surface area contributed by atoms with Gasteiger partial charge in [-0.15, -0.1) is 0 Å². The molecule has 5 nitrogen and oxygen atoms in total. The quantitative estimate of drug-likeness (QED) is 0.584. The number of nitro groups is 1. The van der Waals surface area contributed by atoms with Gasteiger partial charge >= 0.3 is 0 Å². The van der Waals surface area contributed by atoms with E-state index in [9.17, 15) is 15.2 Å². The van der Waals surface area contributed by atoms with Gasteiger partial charge in [-0.3, -0.25) is 10.1 Å². The van der Waals surface area contributed by atoms with Crippen molar-refractivity contribution in [3.63, 3.8) is 0 Å². The van der Waals surface area contributed by atoms with Gasteiger partial charge in [0, 0.05) is 6.08 Å². The molecule has 1 rings (SSSR count). The van der Waals surface area contributed by atoms with Crippen molar-refractivity contribution in [2.75, 3.05) is 6.61 Å². The summed E-state index contributed by atoms with van der Waals surface area (Å²) in [6.45, 7) is 0.0541. The lowest BCUT2D eigenvalue weighted by Gasteiger charge is -2.03. The Bertz CT molecular complexity index is 348. The molecule has 74 valence electrons. The Morgan fingerprint density at radius 3 is 2.86 bits per heavy atom. The molecule has 14 heavy (non-hydrogen) atoms. The van der Waals surface area contributed by atoms with Crippen LogP contribution in [-0.4, -0.2) is 16.6 Å². The zero-order valence-corrected chi connectivity index (χ0v) is 7.29. The van der Waals surface area contributed by atoms with Crippen LogP contribution in [0.5, 0.6) is 11.5 Å². The van der Waals surface area contributed by atoms with Crippen molar-refractivity contribution in [3.8, 4) is 11.5 Å². The highest BCUT2D eigenvalue weighted by atomic mass is 16.6. The fourth-order valence-corrected chi connectivity index (χ4v) is 0.846. The van der Waals surface area contributed by atoms with Gasteiger partial charge in [0.15, 0.2) is 11.5 Å². The van der Waals surface area contributed by atoms with E-state index in [2.05, 4.69) is 0 Å². The van der Waals surface area contributed by atoms with E-state index in [1.807, 2.05) is 0 Å². The number of phenolic OH excluding ortho intramolecular Hbond substituents is 1. The lowest BCUT2D eigenvalue weighted by Crippen LogP contribution is -1.94. The molecule has 0 fully saturated rings. The second-order valence-electron chi connectivity index (χ2n) is 2.45. The van der Waals surface area contributed by atoms with Gasteiger partial charge in [0.1, 0.15) is 6.61 Å². The summed E-state index contributed by atoms with van der Waals surface area (Å²) in [4.78, 5) is 9.32. The first-order valence-electron chi connectivity index (χ1n) is 3.91. The second kappa shape index (κ2) is 4.86. The predicted octanol–water partition coefficient (Wildman–Crippen LogP) is 1.56. The molecular weight excluding hydrogens is 186 g/mol. The number of hydrogen-bond donors (Lipinski definition) is 1. The number of phenols is 1. The first-order chi connectivity index (χ1) is 6.70. The van der Waals surface area contributed by atoms with Crippen molar-refractivity contribution >= 4 is 0 Å². The molecule has 0 aliphatic carbocycles. The molecule has 0 spiro atoms. The van der Waals surface area contributed by atoms with Crippen LogP contribution in [-0.2, 0) is 0 Å². The fraction of sp³-hybridized carbons (Fsp3) is 0.111. The Balaban J connectivity index is 2.46. The molecule has 0 saturated heterocycles. The molecule has 5 heteroatoms. The Hall–Kier alpha value is -2.04. The van der Waals surface area contributed by atoms with Crippen LogP contribution in [0.3, 0.4) is 0 Å². The molecule has 0 radical (unpaired) electrons. The van der Waals surface area contributed by atoms with Gasteiger partial charge in [-0.25, -0.2) is 0 Å². The summed E-state index contributed by atoms with van der Waals surface area (Å²) in [5.74, 6) is 0.322. The summed E-state index contributed by atoms with van der Waals surface area (Å²) in [5, 5.41) is 19.1. The van der Waals surface area contributed by atoms with E-state index in [1.54, 1.807) is 18.2 Å². The SMILES string of the molecule is O=[N+]([O-])C=CCOc1ccccc1O. The summed E-state index contributed by atoms with van der Waals surface area (Å²) in [6.07, 6.45) is 2.05. The Kier molecular flexibility index (Phi) is 3.49. The van der Waals surface area contributed by atoms with Crippen molar-refractivity contribution in [1.82, 2.24) is 0 Å². The van der Waals surface area contributed by atoms with Crippen LogP contribution in [0.25, 0.3) is 0 Å². The van der Waals surface area contributed by atoms with Crippen LogP contribution in [0.15, 0.2) is 36.5 Å². The van der Waals surface area contributed by atoms with E-state index in [0.717, 1.165) is 6.20 Å². The molecule has 0 bridgehead atoms. The molecular formula is C9H9NO4. The van der Waals surface area contributed by atoms with Crippen LogP contribution < -0.4 is 4.74 Å². The third-order valence-electron chi connectivity index (χ3n) is 1.43. The third-order valence-corrected chi connectivity index (χ3v) is 1.43. The van der Waals surface area contributed by atoms with Crippen LogP contribution in [0.1, 0.15) is 0 Å². The van der Waals surface area contributed by atoms with Crippen molar-refractivity contribution < 1.29 is 14.8 Å². The van der Waals surface area contributed by atoms with Crippen molar-refractivity contribution in [2.24, 2.45) is 0 Å². The van der Waals surface area contributed by atoms with Crippen molar-refractivity contribution in [1.29, 1.82) is 0 Å². The highest BCUT2D eigenvalue weighted by Gasteiger charge is 1.98. The first-order valence-corrected chi connectivity index (χ1v) is 3.91. The maximum Gasteiger partial charge on any atom is 0.233 e. The average molecular weight is 195 g/mol. The number of aromatic hydroxyl groups is 1. The Labute approximate surface area is 80.4 Å². The smallest absolute Gasteiger partial charge is 0.233 e. The second-order valence-corrected chi connectivity index (χ2v) is 2.45. The number of nitrogens with zero attached hydrogens (tertiary/aromatic N) is 1. The molecule has 0 aromatic heterocycles. The third kappa shape index (κ3) is 3.14. The van der Waals surface area contributed by atoms with E-state index in [4.69, 9.17) is 4.74 Å². The Morgan fingerprint density at radius 2 is 2.21 bits per heavy atom. The lowest BCUT2D eigenvalue weighted by atomic mass is 10.3. The van der Waals surface area contributed by atoms with Gasteiger partial charge < -0.3 is 9.84 Å². The largest absolute Gasteiger partial charge is 0.504 e. The summed E-state index contributed by atoms with van der Waals surface area (Å²) >= 11 is 0. The summed E-state index contributed by atoms with van der Waals surface area (Å²) in [6, 6.07) is 6.42. The predicted molar refractivity (Wildman–Crippen MR) is 49.7 cm³/mol. The van der Waals surface area contributed by atoms with E-state index in [0.29, 0.717) is 5.75 Å². The normalized spacial score (nSPS) is 10.3. The molecule has 0 heterocycles. The van der Waals surface area contributed by atoms with Gasteiger partial charge in [0.25, 0.3) is 0 Å². The van der Waals surface area contributed by atoms with E-state index < -0.39 is 4.92 Å². The van der Waals surface area contributed by atoms with Crippen LogP contribution in [0.2, 0.25) is 0 Å². The zero-order chi connectivity index (χ0) is 10.4. The van der Waals surface area contributed by atoms with Gasteiger partial charge in [0.2, 0.25) is 6.20 Å². The van der Waals surface area contributed by atoms with E-state index in [1.165, 1.54) is 12.1 Å². The summed E-state index contributed by atoms with van der Waals surface area (Å²) in [5.41, 5.74) is 0. The number of benzene rings is 1. The molecule has 0 saturated carbocycles. The molecule has 0 atom stereocenters.